The second kappa shape index (κ2) is 6.88. The summed E-state index contributed by atoms with van der Waals surface area (Å²) in [6.07, 6.45) is 5.45. The van der Waals surface area contributed by atoms with Gasteiger partial charge in [-0.15, -0.1) is 0 Å². The minimum atomic E-state index is -0.949. The summed E-state index contributed by atoms with van der Waals surface area (Å²) in [5.41, 5.74) is 0. The monoisotopic (exact) mass is 152 g/mol. The van der Waals surface area contributed by atoms with Crippen LogP contribution in [0.1, 0.15) is 26.2 Å². The van der Waals surface area contributed by atoms with E-state index in [0.29, 0.717) is 0 Å². The molecule has 0 radical (unpaired) electrons. The van der Waals surface area contributed by atoms with Gasteiger partial charge in [0.2, 0.25) is 0 Å². The van der Waals surface area contributed by atoms with Crippen molar-refractivity contribution in [1.82, 2.24) is 0 Å². The molecule has 0 aliphatic carbocycles. The Balaban J connectivity index is 3.47. The maximum atomic E-state index is 9.93. The zero-order chi connectivity index (χ0) is 8.53. The molecule has 0 aromatic carbocycles. The van der Waals surface area contributed by atoms with Gasteiger partial charge in [-0.3, -0.25) is 0 Å². The van der Waals surface area contributed by atoms with Crippen LogP contribution >= 0.6 is 0 Å². The first-order valence-corrected chi connectivity index (χ1v) is 3.65. The predicted octanol–water partition coefficient (Wildman–Crippen LogP) is 1.82. The number of rotatable bonds is 3. The number of carboxylic acid groups (broad SMARTS) is 1. The lowest BCUT2D eigenvalue weighted by Gasteiger charge is -1.81. The normalized spacial score (nSPS) is 9.18. The van der Waals surface area contributed by atoms with Crippen LogP contribution in [0.4, 0.5) is 0 Å². The first-order valence-electron chi connectivity index (χ1n) is 3.65. The molecule has 0 spiro atoms. The fourth-order valence-electron chi connectivity index (χ4n) is 0.509. The zero-order valence-corrected chi connectivity index (χ0v) is 6.63. The highest BCUT2D eigenvalue weighted by molar-refractivity contribution is 5.80. The Morgan fingerprint density at radius 2 is 2.36 bits per heavy atom. The van der Waals surface area contributed by atoms with Crippen LogP contribution in [-0.2, 0) is 4.79 Å². The van der Waals surface area contributed by atoms with E-state index >= 15 is 0 Å². The van der Waals surface area contributed by atoms with Crippen LogP contribution in [0.15, 0.2) is 12.2 Å². The van der Waals surface area contributed by atoms with Crippen LogP contribution in [0.25, 0.3) is 0 Å². The molecule has 0 aliphatic rings. The maximum Gasteiger partial charge on any atom is 0.328 e. The second-order valence-corrected chi connectivity index (χ2v) is 2.10. The van der Waals surface area contributed by atoms with E-state index in [1.807, 2.05) is 0 Å². The number of unbranched alkanes of at least 4 members (excludes halogenated alkanes) is 2. The highest BCUT2D eigenvalue weighted by Crippen LogP contribution is 1.90. The summed E-state index contributed by atoms with van der Waals surface area (Å²) in [6.45, 7) is 2.09. The molecule has 0 aliphatic heterocycles. The molecule has 60 valence electrons. The molecule has 0 unspecified atom stereocenters. The smallest absolute Gasteiger partial charge is 0.328 e. The average Bonchev–Trinajstić information content (AvgIpc) is 1.96. The fraction of sp³-hybridized carbons (Fsp3) is 0.444. The van der Waals surface area contributed by atoms with Gasteiger partial charge in [-0.05, 0) is 12.5 Å². The number of aliphatic carboxylic acids is 1. The van der Waals surface area contributed by atoms with E-state index in [-0.39, 0.29) is 0 Å². The van der Waals surface area contributed by atoms with Crippen molar-refractivity contribution in [2.45, 2.75) is 26.2 Å². The average molecular weight is 152 g/mol. The number of carboxylic acids is 1. The molecular weight excluding hydrogens is 140 g/mol. The second-order valence-electron chi connectivity index (χ2n) is 2.10. The van der Waals surface area contributed by atoms with Gasteiger partial charge in [0.15, 0.2) is 0 Å². The largest absolute Gasteiger partial charge is 0.478 e. The highest BCUT2D eigenvalue weighted by Gasteiger charge is 1.79. The van der Waals surface area contributed by atoms with Gasteiger partial charge in [-0.1, -0.05) is 25.2 Å². The van der Waals surface area contributed by atoms with E-state index in [4.69, 9.17) is 5.11 Å². The maximum absolute atomic E-state index is 9.93. The van der Waals surface area contributed by atoms with E-state index in [0.717, 1.165) is 25.3 Å². The molecule has 0 rings (SSSR count). The highest BCUT2D eigenvalue weighted by atomic mass is 16.4. The fourth-order valence-corrected chi connectivity index (χ4v) is 0.509. The molecule has 0 atom stereocenters. The van der Waals surface area contributed by atoms with Crippen LogP contribution in [0.2, 0.25) is 0 Å². The molecule has 1 N–H and O–H groups in total. The third-order valence-electron chi connectivity index (χ3n) is 1.07. The summed E-state index contributed by atoms with van der Waals surface area (Å²) in [6, 6.07) is 0. The van der Waals surface area contributed by atoms with Crippen molar-refractivity contribution >= 4 is 5.97 Å². The Labute approximate surface area is 66.9 Å². The topological polar surface area (TPSA) is 37.3 Å². The molecule has 0 amide bonds. The molecular formula is C9H12O2. The van der Waals surface area contributed by atoms with Gasteiger partial charge >= 0.3 is 5.97 Å². The molecule has 0 bridgehead atoms. The van der Waals surface area contributed by atoms with Gasteiger partial charge < -0.3 is 5.11 Å². The van der Waals surface area contributed by atoms with Crippen molar-refractivity contribution in [3.05, 3.63) is 12.2 Å². The summed E-state index contributed by atoms with van der Waals surface area (Å²) in [7, 11) is 0. The predicted molar refractivity (Wildman–Crippen MR) is 44.1 cm³/mol. The Hall–Kier alpha value is -1.23. The van der Waals surface area contributed by atoms with E-state index in [1.165, 1.54) is 6.08 Å². The third kappa shape index (κ3) is 8.77. The summed E-state index contributed by atoms with van der Waals surface area (Å²) in [5, 5.41) is 8.16. The van der Waals surface area contributed by atoms with Gasteiger partial charge in [-0.2, -0.15) is 0 Å². The summed E-state index contributed by atoms with van der Waals surface area (Å²) in [5.74, 6) is 4.53. The molecule has 0 fully saturated rings. The van der Waals surface area contributed by atoms with Crippen molar-refractivity contribution in [2.75, 3.05) is 0 Å². The van der Waals surface area contributed by atoms with Crippen molar-refractivity contribution in [1.29, 1.82) is 0 Å². The molecule has 2 nitrogen and oxygen atoms in total. The molecule has 0 heterocycles. The lowest BCUT2D eigenvalue weighted by atomic mass is 10.2. The Morgan fingerprint density at radius 3 is 2.91 bits per heavy atom. The Bertz CT molecular complexity index is 193. The van der Waals surface area contributed by atoms with Crippen molar-refractivity contribution in [3.8, 4) is 11.8 Å². The van der Waals surface area contributed by atoms with E-state index in [1.54, 1.807) is 0 Å². The van der Waals surface area contributed by atoms with Crippen molar-refractivity contribution < 1.29 is 9.90 Å². The number of allylic oxidation sites excluding steroid dienone is 1. The third-order valence-corrected chi connectivity index (χ3v) is 1.07. The molecule has 0 aromatic rings. The molecule has 0 aromatic heterocycles. The number of carbonyl (C=O) groups is 1. The quantitative estimate of drug-likeness (QED) is 0.380. The SMILES string of the molecule is CCCCC#C/C=C/C(=O)O. The summed E-state index contributed by atoms with van der Waals surface area (Å²) >= 11 is 0. The minimum Gasteiger partial charge on any atom is -0.478 e. The molecule has 0 saturated carbocycles. The molecule has 11 heavy (non-hydrogen) atoms. The van der Waals surface area contributed by atoms with Crippen molar-refractivity contribution in [3.63, 3.8) is 0 Å². The standard InChI is InChI=1S/C9H12O2/c1-2-3-4-5-6-7-8-9(10)11/h7-8H,2-4H2,1H3,(H,10,11)/b8-7+. The zero-order valence-electron chi connectivity index (χ0n) is 6.63. The van der Waals surface area contributed by atoms with Crippen LogP contribution < -0.4 is 0 Å². The van der Waals surface area contributed by atoms with E-state index in [9.17, 15) is 4.79 Å². The Kier molecular flexibility index (Phi) is 6.11. The molecule has 2 heteroatoms. The first-order chi connectivity index (χ1) is 5.27. The van der Waals surface area contributed by atoms with Crippen molar-refractivity contribution in [2.24, 2.45) is 0 Å². The van der Waals surface area contributed by atoms with Gasteiger partial charge in [0.1, 0.15) is 0 Å². The van der Waals surface area contributed by atoms with E-state index in [2.05, 4.69) is 18.8 Å². The van der Waals surface area contributed by atoms with Gasteiger partial charge in [0, 0.05) is 12.5 Å². The number of hydrogen-bond donors (Lipinski definition) is 1. The first kappa shape index (κ1) is 9.77. The lowest BCUT2D eigenvalue weighted by Crippen LogP contribution is -1.84. The van der Waals surface area contributed by atoms with Gasteiger partial charge in [0.25, 0.3) is 0 Å². The van der Waals surface area contributed by atoms with Gasteiger partial charge in [-0.25, -0.2) is 4.79 Å². The number of hydrogen-bond acceptors (Lipinski definition) is 1. The van der Waals surface area contributed by atoms with Crippen LogP contribution in [0.5, 0.6) is 0 Å². The summed E-state index contributed by atoms with van der Waals surface area (Å²) in [4.78, 5) is 9.93. The van der Waals surface area contributed by atoms with Gasteiger partial charge in [0.05, 0.1) is 0 Å². The summed E-state index contributed by atoms with van der Waals surface area (Å²) < 4.78 is 0. The lowest BCUT2D eigenvalue weighted by molar-refractivity contribution is -0.131. The Morgan fingerprint density at radius 1 is 1.64 bits per heavy atom. The van der Waals surface area contributed by atoms with Crippen LogP contribution in [0, 0.1) is 11.8 Å². The van der Waals surface area contributed by atoms with Crippen LogP contribution in [0.3, 0.4) is 0 Å². The van der Waals surface area contributed by atoms with Crippen LogP contribution in [-0.4, -0.2) is 11.1 Å². The molecule has 0 saturated heterocycles. The minimum absolute atomic E-state index is 0.848. The van der Waals surface area contributed by atoms with E-state index < -0.39 is 5.97 Å².